The molecule has 1 amide bonds. The summed E-state index contributed by atoms with van der Waals surface area (Å²) in [4.78, 5) is 14.5. The van der Waals surface area contributed by atoms with E-state index in [0.717, 1.165) is 11.4 Å². The van der Waals surface area contributed by atoms with Crippen molar-refractivity contribution in [2.45, 2.75) is 51.6 Å². The first-order chi connectivity index (χ1) is 10.0. The van der Waals surface area contributed by atoms with Crippen LogP contribution in [0.4, 0.5) is 11.4 Å². The molecule has 23 heavy (non-hydrogen) atoms. The molecule has 1 aromatic rings. The normalized spacial score (nSPS) is 16.7. The topological polar surface area (TPSA) is 58.4 Å². The highest BCUT2D eigenvalue weighted by molar-refractivity contribution is 5.96. The van der Waals surface area contributed by atoms with E-state index in [1.54, 1.807) is 0 Å². The predicted octanol–water partition coefficient (Wildman–Crippen LogP) is 3.83. The molecule has 4 nitrogen and oxygen atoms in total. The van der Waals surface area contributed by atoms with E-state index in [1.807, 2.05) is 32.0 Å². The molecule has 0 saturated heterocycles. The van der Waals surface area contributed by atoms with Gasteiger partial charge in [0, 0.05) is 19.1 Å². The van der Waals surface area contributed by atoms with Gasteiger partial charge in [0.05, 0.1) is 17.3 Å². The van der Waals surface area contributed by atoms with Crippen LogP contribution in [0.3, 0.4) is 0 Å². The van der Waals surface area contributed by atoms with Gasteiger partial charge in [-0.1, -0.05) is 31.9 Å². The third-order valence-corrected chi connectivity index (χ3v) is 4.62. The second kappa shape index (κ2) is 10.0. The van der Waals surface area contributed by atoms with Gasteiger partial charge in [0.1, 0.15) is 0 Å². The number of carbonyl (C=O) groups is 1. The zero-order chi connectivity index (χ0) is 15.4. The second-order valence-electron chi connectivity index (χ2n) is 6.20. The number of hydrogen-bond acceptors (Lipinski definition) is 3. The maximum atomic E-state index is 12.2. The molecule has 2 atom stereocenters. The van der Waals surface area contributed by atoms with E-state index in [-0.39, 0.29) is 42.7 Å². The monoisotopic (exact) mass is 361 g/mol. The fourth-order valence-electron chi connectivity index (χ4n) is 2.86. The molecular formula is C17H29Cl2N3O. The molecule has 2 rings (SSSR count). The lowest BCUT2D eigenvalue weighted by molar-refractivity contribution is -0.119. The number of anilines is 2. The minimum atomic E-state index is -0.199. The van der Waals surface area contributed by atoms with Crippen LogP contribution < -0.4 is 16.0 Å². The minimum Gasteiger partial charge on any atom is -0.370 e. The lowest BCUT2D eigenvalue weighted by atomic mass is 10.0. The van der Waals surface area contributed by atoms with E-state index in [2.05, 4.69) is 23.3 Å². The highest BCUT2D eigenvalue weighted by Crippen LogP contribution is 2.32. The van der Waals surface area contributed by atoms with Crippen molar-refractivity contribution in [1.29, 1.82) is 0 Å². The molecule has 6 heteroatoms. The Bertz CT molecular complexity index is 490. The highest BCUT2D eigenvalue weighted by Gasteiger charge is 2.23. The van der Waals surface area contributed by atoms with Crippen LogP contribution in [0.5, 0.6) is 0 Å². The molecule has 0 spiro atoms. The Kier molecular flexibility index (Phi) is 9.59. The van der Waals surface area contributed by atoms with Gasteiger partial charge in [-0.15, -0.1) is 24.8 Å². The fraction of sp³-hybridized carbons (Fsp3) is 0.588. The van der Waals surface area contributed by atoms with Crippen molar-refractivity contribution in [1.82, 2.24) is 0 Å². The van der Waals surface area contributed by atoms with E-state index in [4.69, 9.17) is 5.73 Å². The Hall–Kier alpha value is -0.970. The van der Waals surface area contributed by atoms with Gasteiger partial charge in [-0.3, -0.25) is 4.79 Å². The summed E-state index contributed by atoms with van der Waals surface area (Å²) in [5, 5.41) is 3.04. The number of amides is 1. The van der Waals surface area contributed by atoms with Crippen molar-refractivity contribution in [2.24, 2.45) is 11.7 Å². The number of hydrogen-bond donors (Lipinski definition) is 2. The molecule has 0 bridgehead atoms. The lowest BCUT2D eigenvalue weighted by Gasteiger charge is -2.29. The first-order valence-corrected chi connectivity index (χ1v) is 7.89. The number of nitrogens with one attached hydrogen (secondary N) is 1. The van der Waals surface area contributed by atoms with Gasteiger partial charge >= 0.3 is 0 Å². The smallest absolute Gasteiger partial charge is 0.228 e. The lowest BCUT2D eigenvalue weighted by Crippen LogP contribution is -2.35. The summed E-state index contributed by atoms with van der Waals surface area (Å²) in [5.41, 5.74) is 7.79. The zero-order valence-electron chi connectivity index (χ0n) is 14.1. The molecule has 1 aromatic carbocycles. The van der Waals surface area contributed by atoms with Crippen LogP contribution in [0.2, 0.25) is 0 Å². The Morgan fingerprint density at radius 1 is 1.22 bits per heavy atom. The van der Waals surface area contributed by atoms with Gasteiger partial charge in [0.25, 0.3) is 0 Å². The summed E-state index contributed by atoms with van der Waals surface area (Å²) in [7, 11) is 2.12. The number of halogens is 2. The standard InChI is InChI=1S/C17H27N3O.2ClH/c1-12(13(2)18)17(21)19-15-10-6-7-11-16(15)20(3)14-8-4-5-9-14;;/h6-7,10-14H,4-5,8-9,18H2,1-3H3,(H,19,21);2*1H. The largest absolute Gasteiger partial charge is 0.370 e. The van der Waals surface area contributed by atoms with Crippen LogP contribution in [0, 0.1) is 5.92 Å². The first kappa shape index (κ1) is 22.0. The maximum absolute atomic E-state index is 12.2. The third-order valence-electron chi connectivity index (χ3n) is 4.62. The van der Waals surface area contributed by atoms with Crippen molar-refractivity contribution in [3.05, 3.63) is 24.3 Å². The Labute approximate surface area is 152 Å². The van der Waals surface area contributed by atoms with Crippen molar-refractivity contribution in [2.75, 3.05) is 17.3 Å². The molecule has 132 valence electrons. The number of nitrogens with zero attached hydrogens (tertiary/aromatic N) is 1. The molecule has 1 saturated carbocycles. The van der Waals surface area contributed by atoms with Crippen molar-refractivity contribution in [3.8, 4) is 0 Å². The van der Waals surface area contributed by atoms with Gasteiger partial charge in [-0.2, -0.15) is 0 Å². The Morgan fingerprint density at radius 3 is 2.35 bits per heavy atom. The predicted molar refractivity (Wildman–Crippen MR) is 103 cm³/mol. The Morgan fingerprint density at radius 2 is 1.78 bits per heavy atom. The molecular weight excluding hydrogens is 333 g/mol. The van der Waals surface area contributed by atoms with E-state index in [1.165, 1.54) is 25.7 Å². The molecule has 1 fully saturated rings. The molecule has 0 heterocycles. The molecule has 3 N–H and O–H groups in total. The van der Waals surface area contributed by atoms with Gasteiger partial charge in [-0.05, 0) is 31.9 Å². The fourth-order valence-corrected chi connectivity index (χ4v) is 2.86. The molecule has 0 aromatic heterocycles. The van der Waals surface area contributed by atoms with Crippen molar-refractivity contribution >= 4 is 42.1 Å². The van der Waals surface area contributed by atoms with E-state index in [9.17, 15) is 4.79 Å². The summed E-state index contributed by atoms with van der Waals surface area (Å²) in [5.74, 6) is -0.216. The van der Waals surface area contributed by atoms with Crippen molar-refractivity contribution in [3.63, 3.8) is 0 Å². The van der Waals surface area contributed by atoms with Crippen LogP contribution in [0.15, 0.2) is 24.3 Å². The highest BCUT2D eigenvalue weighted by atomic mass is 35.5. The number of nitrogens with two attached hydrogens (primary N) is 1. The molecule has 0 aliphatic heterocycles. The summed E-state index contributed by atoms with van der Waals surface area (Å²) in [6.07, 6.45) is 5.06. The van der Waals surface area contributed by atoms with Crippen LogP contribution in [-0.4, -0.2) is 25.0 Å². The summed E-state index contributed by atoms with van der Waals surface area (Å²) in [6, 6.07) is 8.44. The summed E-state index contributed by atoms with van der Waals surface area (Å²) in [6.45, 7) is 3.73. The number of rotatable bonds is 5. The van der Waals surface area contributed by atoms with Gasteiger partial charge in [0.2, 0.25) is 5.91 Å². The van der Waals surface area contributed by atoms with Gasteiger partial charge < -0.3 is 16.0 Å². The second-order valence-corrected chi connectivity index (χ2v) is 6.20. The van der Waals surface area contributed by atoms with Gasteiger partial charge in [-0.25, -0.2) is 0 Å². The molecule has 1 aliphatic rings. The van der Waals surface area contributed by atoms with E-state index in [0.29, 0.717) is 6.04 Å². The third kappa shape index (κ3) is 5.55. The van der Waals surface area contributed by atoms with Gasteiger partial charge in [0.15, 0.2) is 0 Å². The SMILES string of the molecule is CC(N)C(C)C(=O)Nc1ccccc1N(C)C1CCCC1.Cl.Cl. The Balaban J connectivity index is 0.00000242. The summed E-state index contributed by atoms with van der Waals surface area (Å²) < 4.78 is 0. The van der Waals surface area contributed by atoms with E-state index >= 15 is 0 Å². The number of benzene rings is 1. The molecule has 0 radical (unpaired) electrons. The van der Waals surface area contributed by atoms with Crippen molar-refractivity contribution < 1.29 is 4.79 Å². The maximum Gasteiger partial charge on any atom is 0.228 e. The van der Waals surface area contributed by atoms with Crippen LogP contribution in [0.25, 0.3) is 0 Å². The quantitative estimate of drug-likeness (QED) is 0.837. The van der Waals surface area contributed by atoms with Crippen LogP contribution >= 0.6 is 24.8 Å². The average Bonchev–Trinajstić information content (AvgIpc) is 3.00. The average molecular weight is 362 g/mol. The first-order valence-electron chi connectivity index (χ1n) is 7.89. The molecule has 2 unspecified atom stereocenters. The number of carbonyl (C=O) groups excluding carboxylic acids is 1. The molecule has 1 aliphatic carbocycles. The zero-order valence-corrected chi connectivity index (χ0v) is 15.8. The van der Waals surface area contributed by atoms with E-state index < -0.39 is 0 Å². The van der Waals surface area contributed by atoms with Crippen LogP contribution in [0.1, 0.15) is 39.5 Å². The summed E-state index contributed by atoms with van der Waals surface area (Å²) >= 11 is 0. The number of para-hydroxylation sites is 2. The van der Waals surface area contributed by atoms with Crippen LogP contribution in [-0.2, 0) is 4.79 Å². The minimum absolute atomic E-state index is 0.